The van der Waals surface area contributed by atoms with E-state index in [4.69, 9.17) is 0 Å². The highest BCUT2D eigenvalue weighted by atomic mass is 32.2. The molecule has 4 nitrogen and oxygen atoms in total. The lowest BCUT2D eigenvalue weighted by atomic mass is 10.3. The number of halogens is 1. The molecule has 3 rings (SSSR count). The van der Waals surface area contributed by atoms with Crippen LogP contribution in [0.3, 0.4) is 0 Å². The van der Waals surface area contributed by atoms with Gasteiger partial charge in [-0.2, -0.15) is 0 Å². The number of nitrogens with one attached hydrogen (secondary N) is 1. The van der Waals surface area contributed by atoms with Crippen LogP contribution in [-0.4, -0.2) is 21.8 Å². The molecule has 0 aliphatic carbocycles. The average Bonchev–Trinajstić information content (AvgIpc) is 2.88. The van der Waals surface area contributed by atoms with Crippen molar-refractivity contribution in [1.29, 1.82) is 0 Å². The largest absolute Gasteiger partial charge is 0.508 e. The summed E-state index contributed by atoms with van der Waals surface area (Å²) in [4.78, 5) is 17.0. The van der Waals surface area contributed by atoms with E-state index >= 15 is 0 Å². The second-order valence-electron chi connectivity index (χ2n) is 4.46. The van der Waals surface area contributed by atoms with E-state index in [0.29, 0.717) is 15.3 Å². The van der Waals surface area contributed by atoms with Gasteiger partial charge in [-0.15, -0.1) is 11.8 Å². The summed E-state index contributed by atoms with van der Waals surface area (Å²) in [5.74, 6) is -0.0836. The third-order valence-electron chi connectivity index (χ3n) is 2.80. The van der Waals surface area contributed by atoms with Gasteiger partial charge in [0.25, 0.3) is 0 Å². The molecule has 1 heterocycles. The van der Waals surface area contributed by atoms with Crippen molar-refractivity contribution in [3.05, 3.63) is 48.3 Å². The Morgan fingerprint density at radius 2 is 2.05 bits per heavy atom. The summed E-state index contributed by atoms with van der Waals surface area (Å²) in [6.07, 6.45) is 0. The first-order valence-corrected chi connectivity index (χ1v) is 8.18. The summed E-state index contributed by atoms with van der Waals surface area (Å²) in [6, 6.07) is 11.0. The molecule has 2 N–H and O–H groups in total. The molecule has 1 amide bonds. The Labute approximate surface area is 134 Å². The number of thioether (sulfide) groups is 1. The number of aromatic nitrogens is 1. The highest BCUT2D eigenvalue weighted by molar-refractivity contribution is 8.00. The van der Waals surface area contributed by atoms with Crippen molar-refractivity contribution in [2.45, 2.75) is 4.90 Å². The van der Waals surface area contributed by atoms with Gasteiger partial charge in [0.05, 0.1) is 16.0 Å². The molecule has 0 spiro atoms. The molecular weight excluding hydrogens is 323 g/mol. The Bertz CT molecular complexity index is 818. The Balaban J connectivity index is 1.61. The number of anilines is 1. The third kappa shape index (κ3) is 3.55. The number of nitrogens with zero attached hydrogens (tertiary/aromatic N) is 1. The van der Waals surface area contributed by atoms with Gasteiger partial charge in [-0.3, -0.25) is 4.79 Å². The zero-order chi connectivity index (χ0) is 15.5. The number of hydrogen-bond acceptors (Lipinski definition) is 5. The van der Waals surface area contributed by atoms with Crippen molar-refractivity contribution >= 4 is 44.4 Å². The second kappa shape index (κ2) is 6.33. The van der Waals surface area contributed by atoms with Gasteiger partial charge in [0, 0.05) is 4.90 Å². The molecule has 7 heteroatoms. The molecule has 0 radical (unpaired) electrons. The molecule has 0 bridgehead atoms. The first kappa shape index (κ1) is 14.8. The SMILES string of the molecule is O=C(CSc1ccc(O)cc1)Nc1nc2ccc(F)cc2s1. The predicted octanol–water partition coefficient (Wildman–Crippen LogP) is 3.87. The van der Waals surface area contributed by atoms with Crippen molar-refractivity contribution in [3.8, 4) is 5.75 Å². The number of carbonyl (C=O) groups excluding carboxylic acids is 1. The Morgan fingerprint density at radius 1 is 1.27 bits per heavy atom. The summed E-state index contributed by atoms with van der Waals surface area (Å²) in [5.41, 5.74) is 0.660. The molecule has 1 aromatic heterocycles. The minimum atomic E-state index is -0.322. The number of phenolic OH excluding ortho intramolecular Hbond substituents is 1. The number of hydrogen-bond donors (Lipinski definition) is 2. The standard InChI is InChI=1S/C15H11FN2O2S2/c16-9-1-6-12-13(7-9)22-15(17-12)18-14(20)8-21-11-4-2-10(19)3-5-11/h1-7,19H,8H2,(H,17,18,20). The fourth-order valence-electron chi connectivity index (χ4n) is 1.80. The van der Waals surface area contributed by atoms with Gasteiger partial charge in [0.2, 0.25) is 5.91 Å². The highest BCUT2D eigenvalue weighted by Gasteiger charge is 2.09. The number of carbonyl (C=O) groups is 1. The molecule has 0 aliphatic heterocycles. The lowest BCUT2D eigenvalue weighted by molar-refractivity contribution is -0.113. The molecule has 2 aromatic carbocycles. The van der Waals surface area contributed by atoms with E-state index in [1.54, 1.807) is 30.3 Å². The van der Waals surface area contributed by atoms with E-state index in [9.17, 15) is 14.3 Å². The van der Waals surface area contributed by atoms with Gasteiger partial charge in [-0.1, -0.05) is 11.3 Å². The van der Waals surface area contributed by atoms with Crippen LogP contribution in [0, 0.1) is 5.82 Å². The van der Waals surface area contributed by atoms with Crippen LogP contribution in [0.4, 0.5) is 9.52 Å². The normalized spacial score (nSPS) is 10.8. The number of amides is 1. The molecule has 0 aliphatic rings. The van der Waals surface area contributed by atoms with E-state index in [1.165, 1.54) is 35.2 Å². The first-order valence-electron chi connectivity index (χ1n) is 6.38. The molecule has 0 saturated carbocycles. The van der Waals surface area contributed by atoms with Gasteiger partial charge >= 0.3 is 0 Å². The minimum Gasteiger partial charge on any atom is -0.508 e. The van der Waals surface area contributed by atoms with Crippen LogP contribution in [0.25, 0.3) is 10.2 Å². The fourth-order valence-corrected chi connectivity index (χ4v) is 3.40. The molecular formula is C15H11FN2O2S2. The van der Waals surface area contributed by atoms with E-state index in [0.717, 1.165) is 4.90 Å². The van der Waals surface area contributed by atoms with Gasteiger partial charge in [-0.25, -0.2) is 9.37 Å². The zero-order valence-corrected chi connectivity index (χ0v) is 12.9. The van der Waals surface area contributed by atoms with Crippen molar-refractivity contribution in [2.75, 3.05) is 11.1 Å². The van der Waals surface area contributed by atoms with Crippen LogP contribution in [0.5, 0.6) is 5.75 Å². The Hall–Kier alpha value is -2.12. The van der Waals surface area contributed by atoms with Crippen molar-refractivity contribution < 1.29 is 14.3 Å². The molecule has 3 aromatic rings. The lowest BCUT2D eigenvalue weighted by Gasteiger charge is -2.02. The maximum Gasteiger partial charge on any atom is 0.236 e. The van der Waals surface area contributed by atoms with E-state index < -0.39 is 0 Å². The first-order chi connectivity index (χ1) is 10.6. The van der Waals surface area contributed by atoms with Crippen LogP contribution in [0.15, 0.2) is 47.4 Å². The van der Waals surface area contributed by atoms with Crippen molar-refractivity contribution in [1.82, 2.24) is 4.98 Å². The number of aromatic hydroxyl groups is 1. The Morgan fingerprint density at radius 3 is 2.82 bits per heavy atom. The quantitative estimate of drug-likeness (QED) is 0.711. The molecule has 112 valence electrons. The zero-order valence-electron chi connectivity index (χ0n) is 11.2. The van der Waals surface area contributed by atoms with Crippen LogP contribution in [0.1, 0.15) is 0 Å². The summed E-state index contributed by atoms with van der Waals surface area (Å²) in [5, 5.41) is 12.4. The molecule has 0 saturated heterocycles. The molecule has 0 unspecified atom stereocenters. The maximum absolute atomic E-state index is 13.1. The predicted molar refractivity (Wildman–Crippen MR) is 87.0 cm³/mol. The molecule has 0 atom stereocenters. The minimum absolute atomic E-state index is 0.183. The maximum atomic E-state index is 13.1. The average molecular weight is 334 g/mol. The number of rotatable bonds is 4. The van der Waals surface area contributed by atoms with Crippen molar-refractivity contribution in [2.24, 2.45) is 0 Å². The van der Waals surface area contributed by atoms with E-state index in [2.05, 4.69) is 10.3 Å². The van der Waals surface area contributed by atoms with Crippen molar-refractivity contribution in [3.63, 3.8) is 0 Å². The summed E-state index contributed by atoms with van der Waals surface area (Å²) < 4.78 is 13.8. The van der Waals surface area contributed by atoms with Crippen LogP contribution in [0.2, 0.25) is 0 Å². The Kier molecular flexibility index (Phi) is 4.26. The van der Waals surface area contributed by atoms with Gasteiger partial charge < -0.3 is 10.4 Å². The second-order valence-corrected chi connectivity index (χ2v) is 6.54. The molecule has 22 heavy (non-hydrogen) atoms. The topological polar surface area (TPSA) is 62.2 Å². The van der Waals surface area contributed by atoms with E-state index in [1.807, 2.05) is 0 Å². The number of fused-ring (bicyclic) bond motifs is 1. The van der Waals surface area contributed by atoms with Crippen LogP contribution < -0.4 is 5.32 Å². The van der Waals surface area contributed by atoms with Gasteiger partial charge in [0.1, 0.15) is 11.6 Å². The number of thiazole rings is 1. The van der Waals surface area contributed by atoms with Crippen LogP contribution in [-0.2, 0) is 4.79 Å². The van der Waals surface area contributed by atoms with Gasteiger partial charge in [-0.05, 0) is 42.5 Å². The molecule has 0 fully saturated rings. The number of benzene rings is 2. The van der Waals surface area contributed by atoms with Gasteiger partial charge in [0.15, 0.2) is 5.13 Å². The smallest absolute Gasteiger partial charge is 0.236 e. The summed E-state index contributed by atoms with van der Waals surface area (Å²) in [6.45, 7) is 0. The number of phenols is 1. The van der Waals surface area contributed by atoms with Crippen LogP contribution >= 0.6 is 23.1 Å². The lowest BCUT2D eigenvalue weighted by Crippen LogP contribution is -2.13. The van der Waals surface area contributed by atoms with E-state index in [-0.39, 0.29) is 23.2 Å². The summed E-state index contributed by atoms with van der Waals surface area (Å²) >= 11 is 2.60. The third-order valence-corrected chi connectivity index (χ3v) is 4.75. The monoisotopic (exact) mass is 334 g/mol. The fraction of sp³-hybridized carbons (Fsp3) is 0.0667. The highest BCUT2D eigenvalue weighted by Crippen LogP contribution is 2.27. The summed E-state index contributed by atoms with van der Waals surface area (Å²) in [7, 11) is 0.